The standard InChI is InChI=1S/C11H15NO4/c1-6-7(2)16-10(8-4-3-5-15-8)12-9(6)11(13)14/h3-7,9-10,12H,1-2H3,(H,13,14)/t6-,7-,9-,10+/m0/s1. The fourth-order valence-electron chi connectivity index (χ4n) is 1.85. The van der Waals surface area contributed by atoms with E-state index in [1.807, 2.05) is 13.8 Å². The van der Waals surface area contributed by atoms with Crippen molar-refractivity contribution in [3.8, 4) is 0 Å². The summed E-state index contributed by atoms with van der Waals surface area (Å²) in [6, 6.07) is 2.90. The zero-order chi connectivity index (χ0) is 11.7. The molecule has 1 aliphatic heterocycles. The summed E-state index contributed by atoms with van der Waals surface area (Å²) in [5.74, 6) is -0.340. The maximum absolute atomic E-state index is 11.1. The Bertz CT molecular complexity index is 362. The molecule has 1 fully saturated rings. The lowest BCUT2D eigenvalue weighted by molar-refractivity contribution is -0.157. The SMILES string of the molecule is C[C@H]1[C@H](C)O[C@H](c2ccco2)N[C@@H]1C(=O)O. The van der Waals surface area contributed by atoms with Crippen LogP contribution in [0.25, 0.3) is 0 Å². The molecule has 1 aliphatic rings. The molecule has 0 aliphatic carbocycles. The molecule has 16 heavy (non-hydrogen) atoms. The largest absolute Gasteiger partial charge is 0.480 e. The van der Waals surface area contributed by atoms with E-state index in [0.717, 1.165) is 0 Å². The van der Waals surface area contributed by atoms with Crippen LogP contribution in [0.15, 0.2) is 22.8 Å². The summed E-state index contributed by atoms with van der Waals surface area (Å²) in [6.45, 7) is 3.73. The maximum atomic E-state index is 11.1. The van der Waals surface area contributed by atoms with Crippen LogP contribution in [0.2, 0.25) is 0 Å². The van der Waals surface area contributed by atoms with Crippen molar-refractivity contribution in [3.05, 3.63) is 24.2 Å². The number of nitrogens with one attached hydrogen (secondary N) is 1. The van der Waals surface area contributed by atoms with Gasteiger partial charge in [-0.05, 0) is 19.1 Å². The molecule has 2 N–H and O–H groups in total. The smallest absolute Gasteiger partial charge is 0.321 e. The van der Waals surface area contributed by atoms with Crippen LogP contribution < -0.4 is 5.32 Å². The minimum Gasteiger partial charge on any atom is -0.480 e. The number of hydrogen-bond donors (Lipinski definition) is 2. The van der Waals surface area contributed by atoms with Crippen molar-refractivity contribution in [2.75, 3.05) is 0 Å². The quantitative estimate of drug-likeness (QED) is 0.795. The van der Waals surface area contributed by atoms with Crippen LogP contribution in [0.5, 0.6) is 0 Å². The average Bonchev–Trinajstić information content (AvgIpc) is 2.74. The zero-order valence-corrected chi connectivity index (χ0v) is 9.21. The van der Waals surface area contributed by atoms with Crippen molar-refractivity contribution in [1.29, 1.82) is 0 Å². The first-order valence-corrected chi connectivity index (χ1v) is 5.27. The minimum atomic E-state index is -0.862. The first-order valence-electron chi connectivity index (χ1n) is 5.27. The van der Waals surface area contributed by atoms with Gasteiger partial charge in [-0.25, -0.2) is 0 Å². The number of carbonyl (C=O) groups is 1. The van der Waals surface area contributed by atoms with Crippen LogP contribution in [-0.2, 0) is 9.53 Å². The van der Waals surface area contributed by atoms with Crippen LogP contribution in [0.4, 0.5) is 0 Å². The molecule has 0 bridgehead atoms. The highest BCUT2D eigenvalue weighted by Gasteiger charge is 2.38. The lowest BCUT2D eigenvalue weighted by Crippen LogP contribution is -2.53. The molecule has 0 amide bonds. The summed E-state index contributed by atoms with van der Waals surface area (Å²) in [7, 11) is 0. The van der Waals surface area contributed by atoms with Gasteiger partial charge in [-0.15, -0.1) is 0 Å². The van der Waals surface area contributed by atoms with Crippen molar-refractivity contribution in [2.45, 2.75) is 32.2 Å². The van der Waals surface area contributed by atoms with Crippen LogP contribution in [0.1, 0.15) is 25.8 Å². The van der Waals surface area contributed by atoms with E-state index in [2.05, 4.69) is 5.32 Å². The number of carboxylic acids is 1. The second-order valence-electron chi connectivity index (χ2n) is 4.08. The molecule has 1 aromatic heterocycles. The Morgan fingerprint density at radius 3 is 2.81 bits per heavy atom. The second kappa shape index (κ2) is 4.27. The average molecular weight is 225 g/mol. The molecule has 2 rings (SSSR count). The molecular formula is C11H15NO4. The molecule has 0 unspecified atom stereocenters. The third-order valence-corrected chi connectivity index (χ3v) is 3.02. The third-order valence-electron chi connectivity index (χ3n) is 3.02. The van der Waals surface area contributed by atoms with Crippen molar-refractivity contribution >= 4 is 5.97 Å². The summed E-state index contributed by atoms with van der Waals surface area (Å²) in [4.78, 5) is 11.1. The van der Waals surface area contributed by atoms with Gasteiger partial charge in [0.2, 0.25) is 0 Å². The number of carboxylic acid groups (broad SMARTS) is 1. The molecule has 0 aromatic carbocycles. The predicted octanol–water partition coefficient (Wildman–Crippen LogP) is 1.38. The Hall–Kier alpha value is -1.33. The van der Waals surface area contributed by atoms with Crippen molar-refractivity contribution in [2.24, 2.45) is 5.92 Å². The van der Waals surface area contributed by atoms with E-state index in [1.54, 1.807) is 18.4 Å². The lowest BCUT2D eigenvalue weighted by Gasteiger charge is -2.37. The van der Waals surface area contributed by atoms with Gasteiger partial charge in [-0.3, -0.25) is 10.1 Å². The molecule has 1 aromatic rings. The molecule has 2 heterocycles. The van der Waals surface area contributed by atoms with Gasteiger partial charge in [0.1, 0.15) is 11.8 Å². The van der Waals surface area contributed by atoms with Crippen LogP contribution >= 0.6 is 0 Å². The summed E-state index contributed by atoms with van der Waals surface area (Å²) < 4.78 is 10.9. The predicted molar refractivity (Wildman–Crippen MR) is 55.7 cm³/mol. The van der Waals surface area contributed by atoms with Gasteiger partial charge in [0.25, 0.3) is 0 Å². The van der Waals surface area contributed by atoms with E-state index in [4.69, 9.17) is 14.3 Å². The van der Waals surface area contributed by atoms with E-state index in [0.29, 0.717) is 5.76 Å². The Morgan fingerprint density at radius 1 is 1.50 bits per heavy atom. The van der Waals surface area contributed by atoms with Gasteiger partial charge in [0.15, 0.2) is 6.23 Å². The molecule has 88 valence electrons. The Kier molecular flexibility index (Phi) is 2.98. The highest BCUT2D eigenvalue weighted by Crippen LogP contribution is 2.28. The molecule has 0 saturated carbocycles. The summed E-state index contributed by atoms with van der Waals surface area (Å²) >= 11 is 0. The maximum Gasteiger partial charge on any atom is 0.321 e. The summed E-state index contributed by atoms with van der Waals surface area (Å²) in [5.41, 5.74) is 0. The fourth-order valence-corrected chi connectivity index (χ4v) is 1.85. The Morgan fingerprint density at radius 2 is 2.25 bits per heavy atom. The van der Waals surface area contributed by atoms with Gasteiger partial charge >= 0.3 is 5.97 Å². The molecule has 0 radical (unpaired) electrons. The number of hydrogen-bond acceptors (Lipinski definition) is 4. The van der Waals surface area contributed by atoms with Crippen LogP contribution in [-0.4, -0.2) is 23.2 Å². The van der Waals surface area contributed by atoms with Crippen molar-refractivity contribution < 1.29 is 19.1 Å². The first-order chi connectivity index (χ1) is 7.59. The molecule has 4 atom stereocenters. The Labute approximate surface area is 93.4 Å². The van der Waals surface area contributed by atoms with E-state index in [1.165, 1.54) is 0 Å². The monoisotopic (exact) mass is 225 g/mol. The Balaban J connectivity index is 2.16. The van der Waals surface area contributed by atoms with Crippen molar-refractivity contribution in [1.82, 2.24) is 5.32 Å². The van der Waals surface area contributed by atoms with E-state index in [-0.39, 0.29) is 12.0 Å². The van der Waals surface area contributed by atoms with Gasteiger partial charge < -0.3 is 14.3 Å². The van der Waals surface area contributed by atoms with Gasteiger partial charge in [-0.1, -0.05) is 6.92 Å². The van der Waals surface area contributed by atoms with Gasteiger partial charge in [0, 0.05) is 5.92 Å². The highest BCUT2D eigenvalue weighted by molar-refractivity contribution is 5.74. The highest BCUT2D eigenvalue weighted by atomic mass is 16.5. The van der Waals surface area contributed by atoms with Crippen molar-refractivity contribution in [3.63, 3.8) is 0 Å². The van der Waals surface area contributed by atoms with Gasteiger partial charge in [-0.2, -0.15) is 0 Å². The number of furan rings is 1. The summed E-state index contributed by atoms with van der Waals surface area (Å²) in [5, 5.41) is 12.0. The van der Waals surface area contributed by atoms with E-state index < -0.39 is 18.2 Å². The van der Waals surface area contributed by atoms with E-state index >= 15 is 0 Å². The second-order valence-corrected chi connectivity index (χ2v) is 4.08. The minimum absolute atomic E-state index is 0.0799. The van der Waals surface area contributed by atoms with Crippen LogP contribution in [0.3, 0.4) is 0 Å². The lowest BCUT2D eigenvalue weighted by atomic mass is 9.94. The number of rotatable bonds is 2. The van der Waals surface area contributed by atoms with Gasteiger partial charge in [0.05, 0.1) is 12.4 Å². The fraction of sp³-hybridized carbons (Fsp3) is 0.545. The van der Waals surface area contributed by atoms with Crippen LogP contribution in [0, 0.1) is 5.92 Å². The topological polar surface area (TPSA) is 71.7 Å². The normalized spacial score (nSPS) is 34.9. The first kappa shape index (κ1) is 11.2. The zero-order valence-electron chi connectivity index (χ0n) is 9.21. The molecule has 5 heteroatoms. The molecule has 1 saturated heterocycles. The molecule has 5 nitrogen and oxygen atoms in total. The van der Waals surface area contributed by atoms with E-state index in [9.17, 15) is 4.79 Å². The number of aliphatic carboxylic acids is 1. The summed E-state index contributed by atoms with van der Waals surface area (Å²) in [6.07, 6.45) is 0.929. The molecular weight excluding hydrogens is 210 g/mol. The third kappa shape index (κ3) is 1.96. The number of ether oxygens (including phenoxy) is 1. The molecule has 0 spiro atoms.